The number of hydrogen-bond acceptors (Lipinski definition) is 4. The highest BCUT2D eigenvalue weighted by Gasteiger charge is 2.31. The first-order valence-corrected chi connectivity index (χ1v) is 8.97. The molecule has 28 heavy (non-hydrogen) atoms. The Morgan fingerprint density at radius 2 is 1.75 bits per heavy atom. The summed E-state index contributed by atoms with van der Waals surface area (Å²) in [5.74, 6) is -1.16. The molecule has 1 heterocycles. The maximum atomic E-state index is 12.8. The molecule has 0 saturated carbocycles. The van der Waals surface area contributed by atoms with Gasteiger partial charge in [-0.05, 0) is 23.8 Å². The highest BCUT2D eigenvalue weighted by Crippen LogP contribution is 2.29. The van der Waals surface area contributed by atoms with Crippen molar-refractivity contribution in [3.05, 3.63) is 82.4 Å². The van der Waals surface area contributed by atoms with E-state index in [0.29, 0.717) is 6.54 Å². The van der Waals surface area contributed by atoms with Gasteiger partial charge in [0.15, 0.2) is 5.13 Å². The zero-order valence-electron chi connectivity index (χ0n) is 14.3. The van der Waals surface area contributed by atoms with Gasteiger partial charge in [0.05, 0.1) is 5.56 Å². The third-order valence-corrected chi connectivity index (χ3v) is 4.46. The third-order valence-electron chi connectivity index (χ3n) is 3.71. The summed E-state index contributed by atoms with van der Waals surface area (Å²) in [5, 5.41) is 6.69. The number of aromatic nitrogens is 1. The molecular formula is C19H14F3N3O2S. The van der Waals surface area contributed by atoms with Gasteiger partial charge < -0.3 is 5.32 Å². The van der Waals surface area contributed by atoms with Crippen molar-refractivity contribution in [3.63, 3.8) is 0 Å². The number of rotatable bonds is 5. The second kappa shape index (κ2) is 8.22. The molecule has 0 bridgehead atoms. The maximum Gasteiger partial charge on any atom is 0.416 e. The van der Waals surface area contributed by atoms with Gasteiger partial charge in [0.25, 0.3) is 11.8 Å². The molecule has 3 rings (SSSR count). The van der Waals surface area contributed by atoms with E-state index in [4.69, 9.17) is 0 Å². The van der Waals surface area contributed by atoms with Gasteiger partial charge in [-0.2, -0.15) is 13.2 Å². The minimum absolute atomic E-state index is 0.111. The second-order valence-electron chi connectivity index (χ2n) is 5.74. The van der Waals surface area contributed by atoms with Crippen LogP contribution in [0.2, 0.25) is 0 Å². The Hall–Kier alpha value is -3.20. The van der Waals surface area contributed by atoms with Gasteiger partial charge in [0, 0.05) is 17.5 Å². The molecule has 5 nitrogen and oxygen atoms in total. The van der Waals surface area contributed by atoms with E-state index < -0.39 is 23.6 Å². The lowest BCUT2D eigenvalue weighted by Gasteiger charge is -2.08. The molecule has 0 fully saturated rings. The molecule has 2 amide bonds. The monoisotopic (exact) mass is 405 g/mol. The van der Waals surface area contributed by atoms with Gasteiger partial charge in [-0.3, -0.25) is 14.9 Å². The van der Waals surface area contributed by atoms with E-state index in [-0.39, 0.29) is 16.4 Å². The summed E-state index contributed by atoms with van der Waals surface area (Å²) in [4.78, 5) is 28.3. The molecule has 0 aliphatic rings. The number of amides is 2. The van der Waals surface area contributed by atoms with Crippen LogP contribution < -0.4 is 10.6 Å². The van der Waals surface area contributed by atoms with Crippen LogP contribution in [0.3, 0.4) is 0 Å². The molecule has 2 aromatic carbocycles. The number of nitrogens with one attached hydrogen (secondary N) is 2. The van der Waals surface area contributed by atoms with Crippen LogP contribution in [0, 0.1) is 0 Å². The molecule has 0 atom stereocenters. The van der Waals surface area contributed by atoms with Crippen molar-refractivity contribution < 1.29 is 22.8 Å². The summed E-state index contributed by atoms with van der Waals surface area (Å²) in [5.41, 5.74) is -0.0372. The van der Waals surface area contributed by atoms with Crippen LogP contribution in [0.15, 0.2) is 60.0 Å². The number of thiazole rings is 1. The Balaban J connectivity index is 1.62. The summed E-state index contributed by atoms with van der Waals surface area (Å²) in [6.45, 7) is 0.323. The topological polar surface area (TPSA) is 71.1 Å². The quantitative estimate of drug-likeness (QED) is 0.663. The first-order chi connectivity index (χ1) is 13.3. The van der Waals surface area contributed by atoms with E-state index in [9.17, 15) is 22.8 Å². The van der Waals surface area contributed by atoms with Gasteiger partial charge >= 0.3 is 6.18 Å². The van der Waals surface area contributed by atoms with Crippen LogP contribution in [0.1, 0.15) is 32.0 Å². The Morgan fingerprint density at radius 3 is 2.46 bits per heavy atom. The fraction of sp³-hybridized carbons (Fsp3) is 0.105. The highest BCUT2D eigenvalue weighted by atomic mass is 32.1. The Labute approximate surface area is 162 Å². The standard InChI is InChI=1S/C19H14F3N3O2S/c20-19(21,22)14-8-4-7-13(9-14)16(26)25-18-24-15(11-28-18)17(27)23-10-12-5-2-1-3-6-12/h1-9,11H,10H2,(H,23,27)(H,24,25,26). The highest BCUT2D eigenvalue weighted by molar-refractivity contribution is 7.14. The minimum atomic E-state index is -4.54. The largest absolute Gasteiger partial charge is 0.416 e. The molecule has 0 aliphatic heterocycles. The van der Waals surface area contributed by atoms with Crippen LogP contribution in [-0.4, -0.2) is 16.8 Å². The van der Waals surface area contributed by atoms with Crippen LogP contribution in [0.25, 0.3) is 0 Å². The van der Waals surface area contributed by atoms with Crippen molar-refractivity contribution in [1.82, 2.24) is 10.3 Å². The number of carbonyl (C=O) groups excluding carboxylic acids is 2. The fourth-order valence-electron chi connectivity index (χ4n) is 2.31. The van der Waals surface area contributed by atoms with E-state index in [2.05, 4.69) is 15.6 Å². The van der Waals surface area contributed by atoms with E-state index in [1.54, 1.807) is 0 Å². The van der Waals surface area contributed by atoms with Gasteiger partial charge in [0.2, 0.25) is 0 Å². The van der Waals surface area contributed by atoms with Crippen LogP contribution in [0.5, 0.6) is 0 Å². The zero-order valence-corrected chi connectivity index (χ0v) is 15.1. The molecule has 144 valence electrons. The summed E-state index contributed by atoms with van der Waals surface area (Å²) in [7, 11) is 0. The van der Waals surface area contributed by atoms with Gasteiger partial charge in [-0.15, -0.1) is 11.3 Å². The van der Waals surface area contributed by atoms with Gasteiger partial charge in [0.1, 0.15) is 5.69 Å². The lowest BCUT2D eigenvalue weighted by atomic mass is 10.1. The third kappa shape index (κ3) is 4.95. The SMILES string of the molecule is O=C(Nc1nc(C(=O)NCc2ccccc2)cs1)c1cccc(C(F)(F)F)c1. The molecule has 0 radical (unpaired) electrons. The predicted molar refractivity (Wildman–Crippen MR) is 99.1 cm³/mol. The summed E-state index contributed by atoms with van der Waals surface area (Å²) in [6, 6.07) is 13.4. The Kier molecular flexibility index (Phi) is 5.74. The lowest BCUT2D eigenvalue weighted by Crippen LogP contribution is -2.23. The number of nitrogens with zero attached hydrogens (tertiary/aromatic N) is 1. The molecular weight excluding hydrogens is 391 g/mol. The minimum Gasteiger partial charge on any atom is -0.347 e. The summed E-state index contributed by atoms with van der Waals surface area (Å²) in [6.07, 6.45) is -4.54. The Bertz CT molecular complexity index is 987. The molecule has 2 N–H and O–H groups in total. The average molecular weight is 405 g/mol. The number of hydrogen-bond donors (Lipinski definition) is 2. The summed E-state index contributed by atoms with van der Waals surface area (Å²) >= 11 is 1.01. The predicted octanol–water partition coefficient (Wildman–Crippen LogP) is 4.34. The first-order valence-electron chi connectivity index (χ1n) is 8.09. The number of carbonyl (C=O) groups is 2. The van der Waals surface area contributed by atoms with E-state index in [1.165, 1.54) is 11.4 Å². The van der Waals surface area contributed by atoms with Crippen LogP contribution >= 0.6 is 11.3 Å². The molecule has 0 saturated heterocycles. The van der Waals surface area contributed by atoms with Gasteiger partial charge in [-0.1, -0.05) is 36.4 Å². The molecule has 9 heteroatoms. The van der Waals surface area contributed by atoms with E-state index in [0.717, 1.165) is 35.1 Å². The smallest absolute Gasteiger partial charge is 0.347 e. The van der Waals surface area contributed by atoms with E-state index >= 15 is 0 Å². The van der Waals surface area contributed by atoms with Crippen molar-refractivity contribution in [2.75, 3.05) is 5.32 Å². The Morgan fingerprint density at radius 1 is 1.00 bits per heavy atom. The van der Waals surface area contributed by atoms with Gasteiger partial charge in [-0.25, -0.2) is 4.98 Å². The number of benzene rings is 2. The van der Waals surface area contributed by atoms with Crippen molar-refractivity contribution in [2.24, 2.45) is 0 Å². The second-order valence-corrected chi connectivity index (χ2v) is 6.60. The number of alkyl halides is 3. The average Bonchev–Trinajstić information content (AvgIpc) is 3.15. The molecule has 3 aromatic rings. The van der Waals surface area contributed by atoms with Crippen molar-refractivity contribution >= 4 is 28.3 Å². The molecule has 0 spiro atoms. The van der Waals surface area contributed by atoms with Crippen molar-refractivity contribution in [2.45, 2.75) is 12.7 Å². The normalized spacial score (nSPS) is 11.1. The zero-order chi connectivity index (χ0) is 20.1. The lowest BCUT2D eigenvalue weighted by molar-refractivity contribution is -0.137. The van der Waals surface area contributed by atoms with Crippen molar-refractivity contribution in [3.8, 4) is 0 Å². The molecule has 0 unspecified atom stereocenters. The fourth-order valence-corrected chi connectivity index (χ4v) is 3.00. The number of anilines is 1. The van der Waals surface area contributed by atoms with E-state index in [1.807, 2.05) is 30.3 Å². The molecule has 0 aliphatic carbocycles. The van der Waals surface area contributed by atoms with Crippen LogP contribution in [0.4, 0.5) is 18.3 Å². The molecule has 1 aromatic heterocycles. The summed E-state index contributed by atoms with van der Waals surface area (Å²) < 4.78 is 38.3. The first kappa shape index (κ1) is 19.6. The van der Waals surface area contributed by atoms with Crippen LogP contribution in [-0.2, 0) is 12.7 Å². The van der Waals surface area contributed by atoms with Crippen molar-refractivity contribution in [1.29, 1.82) is 0 Å². The number of halogens is 3. The maximum absolute atomic E-state index is 12.8.